The Morgan fingerprint density at radius 1 is 1.44 bits per heavy atom. The van der Waals surface area contributed by atoms with Crippen molar-refractivity contribution in [1.29, 1.82) is 0 Å². The quantitative estimate of drug-likeness (QED) is 0.772. The van der Waals surface area contributed by atoms with E-state index in [0.717, 1.165) is 11.5 Å². The fourth-order valence-electron chi connectivity index (χ4n) is 1.10. The molecular weight excluding hydrogens is 263 g/mol. The lowest BCUT2D eigenvalue weighted by atomic mass is 10.4. The maximum absolute atomic E-state index is 12.3. The third kappa shape index (κ3) is 3.48. The molecule has 1 rings (SSSR count). The molecule has 0 fully saturated rings. The Bertz CT molecular complexity index is 329. The first-order chi connectivity index (χ1) is 7.49. The van der Waals surface area contributed by atoms with Gasteiger partial charge < -0.3 is 4.90 Å². The Morgan fingerprint density at radius 3 is 2.56 bits per heavy atom. The van der Waals surface area contributed by atoms with Gasteiger partial charge in [-0.1, -0.05) is 0 Å². The zero-order valence-electron chi connectivity index (χ0n) is 8.59. The van der Waals surface area contributed by atoms with Gasteiger partial charge in [0.2, 0.25) is 11.0 Å². The standard InChI is InChI=1S/C8H11ClF3N3S/c1-2-15(5-3-4-9)7-13-6(14-16-7)8(10,11)12/h2-5H2,1H3. The summed E-state index contributed by atoms with van der Waals surface area (Å²) >= 11 is 6.29. The molecule has 8 heteroatoms. The molecule has 92 valence electrons. The number of aromatic nitrogens is 2. The molecule has 1 aromatic heterocycles. The normalized spacial score (nSPS) is 11.8. The van der Waals surface area contributed by atoms with Crippen LogP contribution in [0.5, 0.6) is 0 Å². The molecule has 3 nitrogen and oxygen atoms in total. The van der Waals surface area contributed by atoms with Crippen LogP contribution in [0.25, 0.3) is 0 Å². The third-order valence-electron chi connectivity index (χ3n) is 1.88. The van der Waals surface area contributed by atoms with Crippen LogP contribution in [0.4, 0.5) is 18.3 Å². The molecule has 0 aliphatic rings. The topological polar surface area (TPSA) is 29.0 Å². The molecule has 0 bridgehead atoms. The molecule has 0 atom stereocenters. The Balaban J connectivity index is 2.75. The predicted molar refractivity (Wildman–Crippen MR) is 58.1 cm³/mol. The SMILES string of the molecule is CCN(CCCCl)c1nc(C(F)(F)F)ns1. The van der Waals surface area contributed by atoms with Crippen molar-refractivity contribution in [3.05, 3.63) is 5.82 Å². The van der Waals surface area contributed by atoms with Gasteiger partial charge in [-0.05, 0) is 13.3 Å². The molecule has 0 unspecified atom stereocenters. The van der Waals surface area contributed by atoms with E-state index in [-0.39, 0.29) is 0 Å². The van der Waals surface area contributed by atoms with E-state index in [0.29, 0.717) is 30.5 Å². The molecule has 1 heterocycles. The van der Waals surface area contributed by atoms with Gasteiger partial charge in [0.25, 0.3) is 0 Å². The molecule has 0 radical (unpaired) electrons. The molecule has 0 aliphatic heterocycles. The fraction of sp³-hybridized carbons (Fsp3) is 0.750. The van der Waals surface area contributed by atoms with Crippen molar-refractivity contribution in [3.8, 4) is 0 Å². The lowest BCUT2D eigenvalue weighted by Gasteiger charge is -2.18. The fourth-order valence-corrected chi connectivity index (χ4v) is 1.99. The van der Waals surface area contributed by atoms with Crippen LogP contribution >= 0.6 is 23.1 Å². The van der Waals surface area contributed by atoms with Crippen molar-refractivity contribution in [2.24, 2.45) is 0 Å². The lowest BCUT2D eigenvalue weighted by molar-refractivity contribution is -0.144. The highest BCUT2D eigenvalue weighted by atomic mass is 35.5. The van der Waals surface area contributed by atoms with E-state index in [2.05, 4.69) is 9.36 Å². The largest absolute Gasteiger partial charge is 0.452 e. The predicted octanol–water partition coefficient (Wildman–Crippen LogP) is 3.01. The number of hydrogen-bond donors (Lipinski definition) is 0. The van der Waals surface area contributed by atoms with E-state index in [4.69, 9.17) is 11.6 Å². The first kappa shape index (κ1) is 13.5. The number of anilines is 1. The maximum Gasteiger partial charge on any atom is 0.452 e. The summed E-state index contributed by atoms with van der Waals surface area (Å²) in [7, 11) is 0. The molecule has 0 amide bonds. The van der Waals surface area contributed by atoms with Gasteiger partial charge in [0.15, 0.2) is 0 Å². The average Bonchev–Trinajstić information content (AvgIpc) is 2.68. The first-order valence-corrected chi connectivity index (χ1v) is 6.01. The zero-order valence-corrected chi connectivity index (χ0v) is 10.2. The van der Waals surface area contributed by atoms with Crippen LogP contribution < -0.4 is 4.90 Å². The Labute approximate surface area is 100 Å². The second-order valence-electron chi connectivity index (χ2n) is 3.02. The Hall–Kier alpha value is -0.560. The van der Waals surface area contributed by atoms with Gasteiger partial charge in [0.1, 0.15) is 0 Å². The van der Waals surface area contributed by atoms with Crippen molar-refractivity contribution in [2.45, 2.75) is 19.5 Å². The van der Waals surface area contributed by atoms with Crippen LogP contribution in [-0.4, -0.2) is 28.3 Å². The molecule has 1 aromatic rings. The molecular formula is C8H11ClF3N3S. The Kier molecular flexibility index (Phi) is 4.79. The summed E-state index contributed by atoms with van der Waals surface area (Å²) in [6, 6.07) is 0. The van der Waals surface area contributed by atoms with Crippen LogP contribution in [0.15, 0.2) is 0 Å². The summed E-state index contributed by atoms with van der Waals surface area (Å²) in [4.78, 5) is 5.20. The summed E-state index contributed by atoms with van der Waals surface area (Å²) in [5.74, 6) is -0.599. The highest BCUT2D eigenvalue weighted by molar-refractivity contribution is 7.09. The van der Waals surface area contributed by atoms with Crippen LogP contribution in [0, 0.1) is 0 Å². The molecule has 16 heavy (non-hydrogen) atoms. The van der Waals surface area contributed by atoms with Gasteiger partial charge in [-0.25, -0.2) is 0 Å². The van der Waals surface area contributed by atoms with Gasteiger partial charge in [-0.3, -0.25) is 0 Å². The third-order valence-corrected chi connectivity index (χ3v) is 2.93. The van der Waals surface area contributed by atoms with E-state index in [1.165, 1.54) is 0 Å². The molecule has 0 saturated heterocycles. The van der Waals surface area contributed by atoms with Crippen molar-refractivity contribution in [2.75, 3.05) is 23.9 Å². The van der Waals surface area contributed by atoms with Gasteiger partial charge in [0.05, 0.1) is 0 Å². The van der Waals surface area contributed by atoms with E-state index < -0.39 is 12.0 Å². The van der Waals surface area contributed by atoms with E-state index >= 15 is 0 Å². The minimum absolute atomic E-state index is 0.292. The number of hydrogen-bond acceptors (Lipinski definition) is 4. The van der Waals surface area contributed by atoms with Crippen molar-refractivity contribution in [1.82, 2.24) is 9.36 Å². The van der Waals surface area contributed by atoms with Crippen molar-refractivity contribution < 1.29 is 13.2 Å². The first-order valence-electron chi connectivity index (χ1n) is 4.70. The molecule has 0 aliphatic carbocycles. The molecule has 0 N–H and O–H groups in total. The zero-order chi connectivity index (χ0) is 12.2. The number of nitrogens with zero attached hydrogens (tertiary/aromatic N) is 3. The van der Waals surface area contributed by atoms with Crippen LogP contribution in [-0.2, 0) is 6.18 Å². The molecule has 0 spiro atoms. The lowest BCUT2D eigenvalue weighted by Crippen LogP contribution is -2.24. The second-order valence-corrected chi connectivity index (χ2v) is 4.13. The summed E-state index contributed by atoms with van der Waals surface area (Å²) in [6.07, 6.45) is -3.77. The minimum Gasteiger partial charge on any atom is -0.347 e. The van der Waals surface area contributed by atoms with Gasteiger partial charge in [-0.15, -0.1) is 11.6 Å². The van der Waals surface area contributed by atoms with Gasteiger partial charge in [-0.2, -0.15) is 22.5 Å². The Morgan fingerprint density at radius 2 is 2.12 bits per heavy atom. The number of rotatable bonds is 5. The van der Waals surface area contributed by atoms with E-state index in [1.54, 1.807) is 4.90 Å². The number of halogens is 4. The van der Waals surface area contributed by atoms with Crippen LogP contribution in [0.2, 0.25) is 0 Å². The second kappa shape index (κ2) is 5.67. The van der Waals surface area contributed by atoms with Crippen LogP contribution in [0.3, 0.4) is 0 Å². The highest BCUT2D eigenvalue weighted by Crippen LogP contribution is 2.30. The van der Waals surface area contributed by atoms with Crippen molar-refractivity contribution >= 4 is 28.3 Å². The summed E-state index contributed by atoms with van der Waals surface area (Å²) in [5, 5.41) is 0.292. The van der Waals surface area contributed by atoms with E-state index in [1.807, 2.05) is 6.92 Å². The van der Waals surface area contributed by atoms with Crippen molar-refractivity contribution in [3.63, 3.8) is 0 Å². The minimum atomic E-state index is -4.47. The van der Waals surface area contributed by atoms with E-state index in [9.17, 15) is 13.2 Å². The average molecular weight is 274 g/mol. The van der Waals surface area contributed by atoms with Gasteiger partial charge >= 0.3 is 6.18 Å². The summed E-state index contributed by atoms with van der Waals surface area (Å²) in [6.45, 7) is 3.03. The number of alkyl halides is 4. The molecule has 0 aromatic carbocycles. The summed E-state index contributed by atoms with van der Waals surface area (Å²) in [5.41, 5.74) is 0. The maximum atomic E-state index is 12.3. The summed E-state index contributed by atoms with van der Waals surface area (Å²) < 4.78 is 40.1. The smallest absolute Gasteiger partial charge is 0.347 e. The molecule has 0 saturated carbocycles. The van der Waals surface area contributed by atoms with Gasteiger partial charge in [0, 0.05) is 30.5 Å². The monoisotopic (exact) mass is 273 g/mol. The van der Waals surface area contributed by atoms with Crippen LogP contribution in [0.1, 0.15) is 19.2 Å². The highest BCUT2D eigenvalue weighted by Gasteiger charge is 2.36.